The first-order chi connectivity index (χ1) is 9.93. The zero-order valence-electron chi connectivity index (χ0n) is 10.9. The molecule has 0 saturated carbocycles. The molecule has 3 heterocycles. The van der Waals surface area contributed by atoms with E-state index in [1.807, 2.05) is 53.2 Å². The highest BCUT2D eigenvalue weighted by Crippen LogP contribution is 2.15. The Bertz CT molecular complexity index is 667. The molecule has 0 atom stereocenters. The van der Waals surface area contributed by atoms with E-state index in [2.05, 4.69) is 20.5 Å². The van der Waals surface area contributed by atoms with E-state index < -0.39 is 0 Å². The Morgan fingerprint density at radius 2 is 2.05 bits per heavy atom. The van der Waals surface area contributed by atoms with E-state index in [9.17, 15) is 0 Å². The molecule has 0 unspecified atom stereocenters. The van der Waals surface area contributed by atoms with Gasteiger partial charge in [0.1, 0.15) is 0 Å². The maximum Gasteiger partial charge on any atom is 0.195 e. The quantitative estimate of drug-likeness (QED) is 0.554. The van der Waals surface area contributed by atoms with Crippen LogP contribution in [-0.2, 0) is 6.54 Å². The first-order valence-electron chi connectivity index (χ1n) is 6.47. The van der Waals surface area contributed by atoms with Crippen molar-refractivity contribution in [1.29, 1.82) is 0 Å². The minimum Gasteiger partial charge on any atom is -0.310 e. The molecule has 0 aliphatic carbocycles. The van der Waals surface area contributed by atoms with Crippen molar-refractivity contribution in [3.8, 4) is 0 Å². The molecule has 3 aromatic heterocycles. The van der Waals surface area contributed by atoms with Crippen molar-refractivity contribution in [3.05, 3.63) is 54.5 Å². The van der Waals surface area contributed by atoms with Gasteiger partial charge in [0.05, 0.1) is 5.69 Å². The van der Waals surface area contributed by atoms with Crippen molar-refractivity contribution in [2.24, 2.45) is 0 Å². The van der Waals surface area contributed by atoms with E-state index in [-0.39, 0.29) is 0 Å². The van der Waals surface area contributed by atoms with Crippen LogP contribution in [0, 0.1) is 0 Å². The van der Waals surface area contributed by atoms with E-state index >= 15 is 0 Å². The molecule has 102 valence electrons. The fraction of sp³-hybridized carbons (Fsp3) is 0.214. The molecule has 0 fully saturated rings. The van der Waals surface area contributed by atoms with Crippen LogP contribution >= 0.6 is 11.8 Å². The Hall–Kier alpha value is -1.92. The van der Waals surface area contributed by atoms with E-state index in [0.29, 0.717) is 0 Å². The first kappa shape index (κ1) is 13.1. The van der Waals surface area contributed by atoms with Crippen molar-refractivity contribution in [1.82, 2.24) is 24.9 Å². The lowest BCUT2D eigenvalue weighted by atomic mass is 10.3. The average molecular weight is 285 g/mol. The molecule has 5 nitrogen and oxygen atoms in total. The monoisotopic (exact) mass is 285 g/mol. The number of thioether (sulfide) groups is 1. The third-order valence-corrected chi connectivity index (χ3v) is 3.77. The van der Waals surface area contributed by atoms with Crippen molar-refractivity contribution in [2.75, 3.05) is 12.3 Å². The van der Waals surface area contributed by atoms with Crippen LogP contribution in [0.4, 0.5) is 0 Å². The lowest BCUT2D eigenvalue weighted by Gasteiger charge is -2.03. The van der Waals surface area contributed by atoms with Gasteiger partial charge in [0, 0.05) is 31.2 Å². The van der Waals surface area contributed by atoms with Gasteiger partial charge in [-0.2, -0.15) is 0 Å². The van der Waals surface area contributed by atoms with Gasteiger partial charge in [0.2, 0.25) is 0 Å². The average Bonchev–Trinajstić information content (AvgIpc) is 2.91. The Balaban J connectivity index is 1.46. The number of rotatable bonds is 6. The highest BCUT2D eigenvalue weighted by molar-refractivity contribution is 7.99. The van der Waals surface area contributed by atoms with E-state index in [1.54, 1.807) is 11.8 Å². The fourth-order valence-corrected chi connectivity index (χ4v) is 2.67. The number of nitrogens with one attached hydrogen (secondary N) is 1. The molecule has 3 rings (SSSR count). The Morgan fingerprint density at radius 1 is 1.10 bits per heavy atom. The summed E-state index contributed by atoms with van der Waals surface area (Å²) in [5, 5.41) is 12.6. The molecule has 0 spiro atoms. The summed E-state index contributed by atoms with van der Waals surface area (Å²) in [6.07, 6.45) is 3.80. The highest BCUT2D eigenvalue weighted by Gasteiger charge is 2.04. The summed E-state index contributed by atoms with van der Waals surface area (Å²) in [4.78, 5) is 4.27. The van der Waals surface area contributed by atoms with Crippen molar-refractivity contribution in [3.63, 3.8) is 0 Å². The predicted octanol–water partition coefficient (Wildman–Crippen LogP) is 2.01. The zero-order chi connectivity index (χ0) is 13.6. The van der Waals surface area contributed by atoms with Crippen LogP contribution in [0.2, 0.25) is 0 Å². The van der Waals surface area contributed by atoms with Crippen molar-refractivity contribution < 1.29 is 0 Å². The number of fused-ring (bicyclic) bond motifs is 1. The summed E-state index contributed by atoms with van der Waals surface area (Å²) >= 11 is 1.70. The van der Waals surface area contributed by atoms with E-state index in [1.165, 1.54) is 0 Å². The van der Waals surface area contributed by atoms with Gasteiger partial charge in [-0.05, 0) is 24.3 Å². The Labute approximate surface area is 121 Å². The Kier molecular flexibility index (Phi) is 4.25. The molecule has 0 aromatic carbocycles. The molecular formula is C14H15N5S. The summed E-state index contributed by atoms with van der Waals surface area (Å²) in [5.41, 5.74) is 1.95. The van der Waals surface area contributed by atoms with E-state index in [4.69, 9.17) is 0 Å². The molecule has 20 heavy (non-hydrogen) atoms. The molecule has 0 saturated heterocycles. The topological polar surface area (TPSA) is 55.1 Å². The summed E-state index contributed by atoms with van der Waals surface area (Å²) in [7, 11) is 0. The first-order valence-corrected chi connectivity index (χ1v) is 7.45. The summed E-state index contributed by atoms with van der Waals surface area (Å²) in [5.74, 6) is 0.947. The minimum atomic E-state index is 0.794. The summed E-state index contributed by atoms with van der Waals surface area (Å²) in [6.45, 7) is 1.70. The smallest absolute Gasteiger partial charge is 0.195 e. The lowest BCUT2D eigenvalue weighted by Crippen LogP contribution is -2.17. The molecule has 1 N–H and O–H groups in total. The van der Waals surface area contributed by atoms with Crippen LogP contribution in [0.5, 0.6) is 0 Å². The van der Waals surface area contributed by atoms with Crippen LogP contribution in [0.3, 0.4) is 0 Å². The van der Waals surface area contributed by atoms with Gasteiger partial charge in [-0.1, -0.05) is 23.9 Å². The number of hydrogen-bond acceptors (Lipinski definition) is 5. The van der Waals surface area contributed by atoms with Gasteiger partial charge in [0.15, 0.2) is 10.8 Å². The molecule has 0 aliphatic heterocycles. The van der Waals surface area contributed by atoms with Gasteiger partial charge in [-0.3, -0.25) is 9.38 Å². The van der Waals surface area contributed by atoms with Gasteiger partial charge in [-0.25, -0.2) is 0 Å². The van der Waals surface area contributed by atoms with Crippen molar-refractivity contribution in [2.45, 2.75) is 11.7 Å². The maximum absolute atomic E-state index is 4.27. The lowest BCUT2D eigenvalue weighted by molar-refractivity contribution is 0.714. The SMILES string of the molecule is c1ccc(CNCCSc2nnc3ccccn23)nc1. The van der Waals surface area contributed by atoms with E-state index in [0.717, 1.165) is 35.3 Å². The van der Waals surface area contributed by atoms with Crippen LogP contribution in [-0.4, -0.2) is 31.9 Å². The molecule has 0 bridgehead atoms. The number of aromatic nitrogens is 4. The fourth-order valence-electron chi connectivity index (χ4n) is 1.85. The van der Waals surface area contributed by atoms with Crippen molar-refractivity contribution >= 4 is 17.4 Å². The number of nitrogens with zero attached hydrogens (tertiary/aromatic N) is 4. The summed E-state index contributed by atoms with van der Waals surface area (Å²) in [6, 6.07) is 11.9. The minimum absolute atomic E-state index is 0.794. The third-order valence-electron chi connectivity index (χ3n) is 2.82. The predicted molar refractivity (Wildman–Crippen MR) is 79.7 cm³/mol. The van der Waals surface area contributed by atoms with Gasteiger partial charge >= 0.3 is 0 Å². The molecule has 0 radical (unpaired) electrons. The maximum atomic E-state index is 4.27. The van der Waals surface area contributed by atoms with Crippen LogP contribution < -0.4 is 5.32 Å². The number of pyridine rings is 2. The van der Waals surface area contributed by atoms with Crippen LogP contribution in [0.25, 0.3) is 5.65 Å². The molecule has 0 amide bonds. The van der Waals surface area contributed by atoms with Gasteiger partial charge in [0.25, 0.3) is 0 Å². The third kappa shape index (κ3) is 3.15. The molecule has 6 heteroatoms. The van der Waals surface area contributed by atoms with Crippen LogP contribution in [0.15, 0.2) is 53.9 Å². The Morgan fingerprint density at radius 3 is 2.95 bits per heavy atom. The molecular weight excluding hydrogens is 270 g/mol. The highest BCUT2D eigenvalue weighted by atomic mass is 32.2. The number of hydrogen-bond donors (Lipinski definition) is 1. The standard InChI is InChI=1S/C14H15N5S/c1-3-7-16-12(5-1)11-15-8-10-20-14-18-17-13-6-2-4-9-19(13)14/h1-7,9,15H,8,10-11H2. The second-order valence-electron chi connectivity index (χ2n) is 4.26. The normalized spacial score (nSPS) is 11.0. The van der Waals surface area contributed by atoms with Gasteiger partial charge < -0.3 is 5.32 Å². The molecule has 0 aliphatic rings. The summed E-state index contributed by atoms with van der Waals surface area (Å²) < 4.78 is 2.00. The van der Waals surface area contributed by atoms with Gasteiger partial charge in [-0.15, -0.1) is 10.2 Å². The van der Waals surface area contributed by atoms with Crippen LogP contribution in [0.1, 0.15) is 5.69 Å². The molecule has 3 aromatic rings. The second-order valence-corrected chi connectivity index (χ2v) is 5.32. The zero-order valence-corrected chi connectivity index (χ0v) is 11.8. The largest absolute Gasteiger partial charge is 0.310 e. The second kappa shape index (κ2) is 6.49.